The number of para-hydroxylation sites is 1. The Morgan fingerprint density at radius 2 is 2.05 bits per heavy atom. The SMILES string of the molecule is O=C([O-])c1cc(N2CCNCC2)c2cccc(O)c2n1.[Na+]. The summed E-state index contributed by atoms with van der Waals surface area (Å²) in [5.41, 5.74) is 0.905. The number of hydrogen-bond acceptors (Lipinski definition) is 6. The number of fused-ring (bicyclic) bond motifs is 1. The Morgan fingerprint density at radius 1 is 1.33 bits per heavy atom. The van der Waals surface area contributed by atoms with Crippen LogP contribution in [0, 0.1) is 0 Å². The molecule has 1 aliphatic rings. The number of aromatic carboxylic acids is 1. The number of rotatable bonds is 2. The van der Waals surface area contributed by atoms with Gasteiger partial charge in [0.15, 0.2) is 0 Å². The van der Waals surface area contributed by atoms with Crippen molar-refractivity contribution in [2.75, 3.05) is 31.1 Å². The molecule has 0 bridgehead atoms. The number of nitrogens with one attached hydrogen (secondary N) is 1. The van der Waals surface area contributed by atoms with E-state index in [1.807, 2.05) is 6.07 Å². The molecule has 0 aliphatic carbocycles. The van der Waals surface area contributed by atoms with Gasteiger partial charge in [0, 0.05) is 37.3 Å². The van der Waals surface area contributed by atoms with Gasteiger partial charge < -0.3 is 25.2 Å². The molecule has 0 radical (unpaired) electrons. The van der Waals surface area contributed by atoms with Crippen molar-refractivity contribution in [2.24, 2.45) is 0 Å². The number of aromatic hydroxyl groups is 1. The van der Waals surface area contributed by atoms with Crippen LogP contribution in [0.4, 0.5) is 5.69 Å². The average molecular weight is 295 g/mol. The van der Waals surface area contributed by atoms with Gasteiger partial charge in [-0.3, -0.25) is 0 Å². The molecule has 1 saturated heterocycles. The molecule has 2 aromatic rings. The fourth-order valence-electron chi connectivity index (χ4n) is 2.49. The molecule has 6 nitrogen and oxygen atoms in total. The number of carboxylic acids is 1. The summed E-state index contributed by atoms with van der Waals surface area (Å²) >= 11 is 0. The number of carbonyl (C=O) groups is 1. The molecular formula is C14H14N3NaO3. The largest absolute Gasteiger partial charge is 1.00 e. The summed E-state index contributed by atoms with van der Waals surface area (Å²) in [6.45, 7) is 3.23. The molecular weight excluding hydrogens is 281 g/mol. The quantitative estimate of drug-likeness (QED) is 0.565. The predicted molar refractivity (Wildman–Crippen MR) is 72.8 cm³/mol. The maximum Gasteiger partial charge on any atom is 1.00 e. The minimum atomic E-state index is -1.34. The first kappa shape index (κ1) is 16.0. The molecule has 1 fully saturated rings. The van der Waals surface area contributed by atoms with Gasteiger partial charge in [-0.2, -0.15) is 0 Å². The molecule has 2 heterocycles. The first-order chi connectivity index (χ1) is 9.66. The van der Waals surface area contributed by atoms with Gasteiger partial charge in [-0.15, -0.1) is 0 Å². The molecule has 104 valence electrons. The topological polar surface area (TPSA) is 88.5 Å². The number of phenolic OH excluding ortho intramolecular Hbond substituents is 1. The van der Waals surface area contributed by atoms with E-state index in [2.05, 4.69) is 15.2 Å². The van der Waals surface area contributed by atoms with Crippen LogP contribution in [-0.2, 0) is 0 Å². The van der Waals surface area contributed by atoms with Crippen molar-refractivity contribution in [1.82, 2.24) is 10.3 Å². The van der Waals surface area contributed by atoms with Crippen LogP contribution in [0.1, 0.15) is 10.5 Å². The second kappa shape index (κ2) is 6.62. The van der Waals surface area contributed by atoms with Gasteiger partial charge in [-0.25, -0.2) is 4.98 Å². The van der Waals surface area contributed by atoms with E-state index in [4.69, 9.17) is 0 Å². The minimum absolute atomic E-state index is 0. The molecule has 7 heteroatoms. The van der Waals surface area contributed by atoms with Gasteiger partial charge in [0.25, 0.3) is 0 Å². The van der Waals surface area contributed by atoms with Gasteiger partial charge in [0.1, 0.15) is 11.3 Å². The molecule has 1 aromatic carbocycles. The zero-order valence-corrected chi connectivity index (χ0v) is 13.8. The maximum atomic E-state index is 11.1. The van der Waals surface area contributed by atoms with Crippen molar-refractivity contribution < 1.29 is 44.6 Å². The molecule has 0 spiro atoms. The third-order valence-corrected chi connectivity index (χ3v) is 3.46. The summed E-state index contributed by atoms with van der Waals surface area (Å²) in [5, 5.41) is 25.0. The molecule has 21 heavy (non-hydrogen) atoms. The van der Waals surface area contributed by atoms with Gasteiger partial charge >= 0.3 is 29.6 Å². The van der Waals surface area contributed by atoms with Gasteiger partial charge in [0.05, 0.1) is 11.7 Å². The van der Waals surface area contributed by atoms with Crippen LogP contribution in [-0.4, -0.2) is 42.2 Å². The van der Waals surface area contributed by atoms with Crippen LogP contribution in [0.5, 0.6) is 5.75 Å². The van der Waals surface area contributed by atoms with E-state index in [-0.39, 0.29) is 41.0 Å². The second-order valence-corrected chi connectivity index (χ2v) is 4.72. The van der Waals surface area contributed by atoms with E-state index >= 15 is 0 Å². The standard InChI is InChI=1S/C14H15N3O3.Na/c18-12-3-1-2-9-11(17-6-4-15-5-7-17)8-10(14(19)20)16-13(9)12;/h1-3,8,15,18H,4-7H2,(H,19,20);/q;+1/p-1. The fourth-order valence-corrected chi connectivity index (χ4v) is 2.49. The number of carboxylic acid groups (broad SMARTS) is 1. The Bertz CT molecular complexity index is 672. The molecule has 3 rings (SSSR count). The number of carbonyl (C=O) groups excluding carboxylic acids is 1. The van der Waals surface area contributed by atoms with Gasteiger partial charge in [0.2, 0.25) is 0 Å². The summed E-state index contributed by atoms with van der Waals surface area (Å²) in [4.78, 5) is 17.2. The smallest absolute Gasteiger partial charge is 0.543 e. The van der Waals surface area contributed by atoms with Crippen molar-refractivity contribution >= 4 is 22.6 Å². The van der Waals surface area contributed by atoms with Crippen molar-refractivity contribution in [3.8, 4) is 5.75 Å². The van der Waals surface area contributed by atoms with E-state index in [0.29, 0.717) is 5.52 Å². The number of aromatic nitrogens is 1. The molecule has 0 unspecified atom stereocenters. The normalized spacial score (nSPS) is 14.8. The first-order valence-corrected chi connectivity index (χ1v) is 6.46. The average Bonchev–Trinajstić information content (AvgIpc) is 2.47. The van der Waals surface area contributed by atoms with Crippen LogP contribution in [0.3, 0.4) is 0 Å². The number of anilines is 1. The van der Waals surface area contributed by atoms with Crippen molar-refractivity contribution in [3.05, 3.63) is 30.0 Å². The van der Waals surface area contributed by atoms with E-state index in [9.17, 15) is 15.0 Å². The number of phenols is 1. The van der Waals surface area contributed by atoms with Crippen LogP contribution in [0.25, 0.3) is 10.9 Å². The zero-order valence-electron chi connectivity index (χ0n) is 11.8. The van der Waals surface area contributed by atoms with Gasteiger partial charge in [-0.1, -0.05) is 12.1 Å². The third kappa shape index (κ3) is 3.13. The second-order valence-electron chi connectivity index (χ2n) is 4.72. The van der Waals surface area contributed by atoms with E-state index < -0.39 is 5.97 Å². The van der Waals surface area contributed by atoms with E-state index in [1.165, 1.54) is 12.1 Å². The van der Waals surface area contributed by atoms with Crippen LogP contribution in [0.15, 0.2) is 24.3 Å². The maximum absolute atomic E-state index is 11.1. The Morgan fingerprint density at radius 3 is 2.71 bits per heavy atom. The van der Waals surface area contributed by atoms with Crippen molar-refractivity contribution in [1.29, 1.82) is 0 Å². The Kier molecular flexibility index (Phi) is 5.05. The number of benzene rings is 1. The van der Waals surface area contributed by atoms with Crippen LogP contribution >= 0.6 is 0 Å². The number of hydrogen-bond donors (Lipinski definition) is 2. The van der Waals surface area contributed by atoms with E-state index in [0.717, 1.165) is 37.3 Å². The minimum Gasteiger partial charge on any atom is -0.543 e. The number of nitrogens with zero attached hydrogens (tertiary/aromatic N) is 2. The van der Waals surface area contributed by atoms with Gasteiger partial charge in [-0.05, 0) is 12.1 Å². The van der Waals surface area contributed by atoms with E-state index in [1.54, 1.807) is 6.07 Å². The molecule has 0 saturated carbocycles. The molecule has 1 aliphatic heterocycles. The predicted octanol–water partition coefficient (Wildman–Crippen LogP) is -3.28. The number of piperazine rings is 1. The Labute approximate surface area is 144 Å². The zero-order chi connectivity index (χ0) is 14.1. The molecule has 0 amide bonds. The van der Waals surface area contributed by atoms with Crippen LogP contribution < -0.4 is 44.9 Å². The summed E-state index contributed by atoms with van der Waals surface area (Å²) < 4.78 is 0. The summed E-state index contributed by atoms with van der Waals surface area (Å²) in [6.07, 6.45) is 0. The summed E-state index contributed by atoms with van der Waals surface area (Å²) in [7, 11) is 0. The van der Waals surface area contributed by atoms with Crippen LogP contribution in [0.2, 0.25) is 0 Å². The molecule has 0 atom stereocenters. The Hall–Kier alpha value is -1.34. The first-order valence-electron chi connectivity index (χ1n) is 6.46. The number of pyridine rings is 1. The third-order valence-electron chi connectivity index (χ3n) is 3.46. The fraction of sp³-hybridized carbons (Fsp3) is 0.286. The van der Waals surface area contributed by atoms with Crippen molar-refractivity contribution in [2.45, 2.75) is 0 Å². The Balaban J connectivity index is 0.00000161. The van der Waals surface area contributed by atoms with Crippen molar-refractivity contribution in [3.63, 3.8) is 0 Å². The monoisotopic (exact) mass is 295 g/mol. The summed E-state index contributed by atoms with van der Waals surface area (Å²) in [6, 6.07) is 6.57. The summed E-state index contributed by atoms with van der Waals surface area (Å²) in [5.74, 6) is -1.37. The molecule has 1 aromatic heterocycles. The molecule has 2 N–H and O–H groups in total.